The predicted octanol–water partition coefficient (Wildman–Crippen LogP) is 14.2. The lowest BCUT2D eigenvalue weighted by atomic mass is 9.76. The molecule has 2 fully saturated rings. The third-order valence-corrected chi connectivity index (χ3v) is 14.1. The van der Waals surface area contributed by atoms with E-state index < -0.39 is 17.3 Å². The van der Waals surface area contributed by atoms with Crippen LogP contribution in [0, 0.1) is 17.8 Å². The van der Waals surface area contributed by atoms with E-state index in [0.29, 0.717) is 40.9 Å². The largest absolute Gasteiger partial charge is 0.506 e. The quantitative estimate of drug-likeness (QED) is 0.0953. The lowest BCUT2D eigenvalue weighted by molar-refractivity contribution is 0.0969. The van der Waals surface area contributed by atoms with Crippen molar-refractivity contribution in [2.24, 2.45) is 17.8 Å². The zero-order valence-corrected chi connectivity index (χ0v) is 37.2. The van der Waals surface area contributed by atoms with E-state index in [9.17, 15) is 19.8 Å². The first kappa shape index (κ1) is 43.9. The molecule has 0 heterocycles. The van der Waals surface area contributed by atoms with Gasteiger partial charge in [-0.1, -0.05) is 126 Å². The molecule has 9 heteroatoms. The second-order valence-corrected chi connectivity index (χ2v) is 18.2. The van der Waals surface area contributed by atoms with Gasteiger partial charge in [-0.25, -0.2) is 0 Å². The van der Waals surface area contributed by atoms with E-state index in [1.807, 2.05) is 12.1 Å². The Morgan fingerprint density at radius 2 is 1.03 bits per heavy atom. The second kappa shape index (κ2) is 19.7. The molecule has 2 saturated carbocycles. The first-order valence-corrected chi connectivity index (χ1v) is 23.0. The number of aromatic hydroxyl groups is 2. The van der Waals surface area contributed by atoms with E-state index in [1.54, 1.807) is 18.2 Å². The van der Waals surface area contributed by atoms with Crippen LogP contribution in [0.15, 0.2) is 48.5 Å². The van der Waals surface area contributed by atoms with Gasteiger partial charge in [-0.05, 0) is 103 Å². The minimum Gasteiger partial charge on any atom is -0.506 e. The Hall–Kier alpha value is -4.20. The number of halogens is 2. The van der Waals surface area contributed by atoms with Gasteiger partial charge in [0.1, 0.15) is 23.0 Å². The highest BCUT2D eigenvalue weighted by atomic mass is 35.5. The summed E-state index contributed by atoms with van der Waals surface area (Å²) in [7, 11) is 2.80. The van der Waals surface area contributed by atoms with E-state index in [1.165, 1.54) is 116 Å². The third kappa shape index (κ3) is 9.04. The van der Waals surface area contributed by atoms with Gasteiger partial charge in [0.05, 0.1) is 53.1 Å². The monoisotopic (exact) mass is 854 g/mol. The zero-order chi connectivity index (χ0) is 42.5. The van der Waals surface area contributed by atoms with Crippen LogP contribution in [-0.4, -0.2) is 42.6 Å². The van der Waals surface area contributed by atoms with Crippen molar-refractivity contribution < 1.29 is 34.0 Å². The molecule has 0 saturated heterocycles. The number of benzene rings is 4. The molecule has 7 nitrogen and oxygen atoms in total. The van der Waals surface area contributed by atoms with Crippen LogP contribution in [-0.2, 0) is 0 Å². The normalized spacial score (nSPS) is 20.1. The lowest BCUT2D eigenvalue weighted by Gasteiger charge is -2.29. The average Bonchev–Trinajstić information content (AvgIpc) is 3.26. The van der Waals surface area contributed by atoms with Gasteiger partial charge in [-0.3, -0.25) is 9.59 Å². The highest BCUT2D eigenvalue weighted by Crippen LogP contribution is 2.51. The molecule has 60 heavy (non-hydrogen) atoms. The summed E-state index contributed by atoms with van der Waals surface area (Å²) in [6.45, 7) is 5.00. The van der Waals surface area contributed by atoms with Crippen molar-refractivity contribution >= 4 is 34.8 Å². The van der Waals surface area contributed by atoms with Gasteiger partial charge >= 0.3 is 0 Å². The first-order valence-electron chi connectivity index (χ1n) is 22.3. The van der Waals surface area contributed by atoms with Crippen LogP contribution in [0.2, 0.25) is 10.0 Å². The third-order valence-electron chi connectivity index (χ3n) is 13.6. The van der Waals surface area contributed by atoms with Gasteiger partial charge in [0.2, 0.25) is 11.6 Å². The van der Waals surface area contributed by atoms with Crippen molar-refractivity contribution in [3.63, 3.8) is 0 Å². The molecule has 2 N–H and O–H groups in total. The fourth-order valence-corrected chi connectivity index (χ4v) is 10.6. The Morgan fingerprint density at radius 1 is 0.583 bits per heavy atom. The van der Waals surface area contributed by atoms with Crippen LogP contribution in [0.4, 0.5) is 0 Å². The molecule has 4 aromatic carbocycles. The van der Waals surface area contributed by atoms with Crippen molar-refractivity contribution in [1.29, 1.82) is 0 Å². The molecular weight excluding hydrogens is 795 g/mol. The molecule has 0 unspecified atom stereocenters. The molecule has 0 aromatic heterocycles. The van der Waals surface area contributed by atoms with Crippen LogP contribution >= 0.6 is 23.2 Å². The van der Waals surface area contributed by atoms with Gasteiger partial charge < -0.3 is 24.4 Å². The van der Waals surface area contributed by atoms with Crippen LogP contribution in [0.3, 0.4) is 0 Å². The maximum absolute atomic E-state index is 14.5. The molecular formula is C51H60Cl2O7. The number of carbonyl (C=O) groups excluding carboxylic acids is 2. The number of rotatable bonds is 16. The van der Waals surface area contributed by atoms with E-state index in [2.05, 4.69) is 26.0 Å². The van der Waals surface area contributed by atoms with Crippen LogP contribution in [0.25, 0.3) is 22.3 Å². The minimum atomic E-state index is -0.686. The zero-order valence-electron chi connectivity index (χ0n) is 35.6. The lowest BCUT2D eigenvalue weighted by Crippen LogP contribution is -2.23. The van der Waals surface area contributed by atoms with E-state index >= 15 is 0 Å². The summed E-state index contributed by atoms with van der Waals surface area (Å²) < 4.78 is 17.7. The molecule has 0 amide bonds. The molecule has 0 radical (unpaired) electrons. The number of phenols is 2. The molecule has 0 atom stereocenters. The molecule has 3 aliphatic carbocycles. The summed E-state index contributed by atoms with van der Waals surface area (Å²) in [6, 6.07) is 14.4. The number of ether oxygens (including phenoxy) is 3. The summed E-state index contributed by atoms with van der Waals surface area (Å²) in [5.74, 6) is 0.910. The summed E-state index contributed by atoms with van der Waals surface area (Å²) in [5.41, 5.74) is 2.18. The molecule has 0 bridgehead atoms. The average molecular weight is 856 g/mol. The SMILES string of the molecule is CCCCCC1CCC(COc2c(Cl)cc(-c3cc(OC)c4c(c3O)C(=O)c3c(OC)cc(-c5ccc(C6CCC(CCCCC)CC6)cc5)c(O)c3C4=O)cc2Cl)CC1. The number of phenolic OH excluding ortho intramolecular Hbond substituents is 2. The number of methoxy groups -OCH3 is 2. The summed E-state index contributed by atoms with van der Waals surface area (Å²) in [4.78, 5) is 29.0. The van der Waals surface area contributed by atoms with Crippen LogP contribution in [0.1, 0.15) is 160 Å². The number of unbranched alkanes of at least 4 members (excludes halogenated alkanes) is 4. The maximum atomic E-state index is 14.5. The number of ketones is 2. The Balaban J connectivity index is 1.13. The predicted molar refractivity (Wildman–Crippen MR) is 241 cm³/mol. The Kier molecular flexibility index (Phi) is 14.4. The fraction of sp³-hybridized carbons (Fsp3) is 0.490. The number of hydrogen-bond donors (Lipinski definition) is 2. The van der Waals surface area contributed by atoms with Crippen molar-refractivity contribution in [2.45, 2.75) is 122 Å². The van der Waals surface area contributed by atoms with Gasteiger partial charge in [0.15, 0.2) is 5.75 Å². The van der Waals surface area contributed by atoms with Crippen LogP contribution < -0.4 is 14.2 Å². The van der Waals surface area contributed by atoms with Crippen molar-refractivity contribution in [3.8, 4) is 51.0 Å². The van der Waals surface area contributed by atoms with Crippen molar-refractivity contribution in [3.05, 3.63) is 86.4 Å². The van der Waals surface area contributed by atoms with E-state index in [-0.39, 0.29) is 55.1 Å². The Bertz CT molecular complexity index is 2160. The molecule has 0 aliphatic heterocycles. The maximum Gasteiger partial charge on any atom is 0.202 e. The number of hydrogen-bond acceptors (Lipinski definition) is 7. The topological polar surface area (TPSA) is 102 Å². The van der Waals surface area contributed by atoms with Crippen LogP contribution in [0.5, 0.6) is 28.7 Å². The summed E-state index contributed by atoms with van der Waals surface area (Å²) in [5, 5.41) is 24.2. The van der Waals surface area contributed by atoms with E-state index in [0.717, 1.165) is 24.7 Å². The molecule has 7 rings (SSSR count). The van der Waals surface area contributed by atoms with Gasteiger partial charge in [-0.2, -0.15) is 0 Å². The highest BCUT2D eigenvalue weighted by molar-refractivity contribution is 6.38. The molecule has 4 aromatic rings. The number of fused-ring (bicyclic) bond motifs is 2. The smallest absolute Gasteiger partial charge is 0.202 e. The first-order chi connectivity index (χ1) is 29.1. The molecule has 3 aliphatic rings. The summed E-state index contributed by atoms with van der Waals surface area (Å²) >= 11 is 13.6. The van der Waals surface area contributed by atoms with Gasteiger partial charge in [-0.15, -0.1) is 0 Å². The Morgan fingerprint density at radius 3 is 1.50 bits per heavy atom. The second-order valence-electron chi connectivity index (χ2n) is 17.4. The van der Waals surface area contributed by atoms with Crippen molar-refractivity contribution in [2.75, 3.05) is 20.8 Å². The minimum absolute atomic E-state index is 0.0490. The van der Waals surface area contributed by atoms with Gasteiger partial charge in [0.25, 0.3) is 0 Å². The van der Waals surface area contributed by atoms with Gasteiger partial charge in [0, 0.05) is 11.1 Å². The fourth-order valence-electron chi connectivity index (χ4n) is 10.0. The van der Waals surface area contributed by atoms with E-state index in [4.69, 9.17) is 37.4 Å². The molecule has 0 spiro atoms. The Labute approximate surface area is 365 Å². The highest BCUT2D eigenvalue weighted by Gasteiger charge is 2.41. The summed E-state index contributed by atoms with van der Waals surface area (Å²) in [6.07, 6.45) is 19.8. The standard InChI is InChI=1S/C51H60Cl2O7/c1-5-7-9-11-30-13-15-32(16-14-30)29-60-51-39(52)25-36(26-40(51)53)38-28-42(59-4)44-46(48(38)55)50(57)43-41(58-3)27-37(47(54)45(43)49(44)56)35-23-21-34(22-24-35)33-19-17-31(18-20-33)12-10-8-6-2/h21-28,30-33,54-55H,5-20,29H2,1-4H3. The van der Waals surface area contributed by atoms with Crippen molar-refractivity contribution in [1.82, 2.24) is 0 Å². The molecule has 320 valence electrons. The number of carbonyl (C=O) groups is 2.